The lowest BCUT2D eigenvalue weighted by Crippen LogP contribution is -2.57. The van der Waals surface area contributed by atoms with Crippen LogP contribution in [0.25, 0.3) is 0 Å². The normalized spacial score (nSPS) is 45.8. The van der Waals surface area contributed by atoms with Crippen molar-refractivity contribution in [1.29, 1.82) is 0 Å². The van der Waals surface area contributed by atoms with Gasteiger partial charge in [-0.2, -0.15) is 0 Å². The van der Waals surface area contributed by atoms with Crippen molar-refractivity contribution >= 4 is 5.91 Å². The minimum Gasteiger partial charge on any atom is -0.381 e. The van der Waals surface area contributed by atoms with Crippen molar-refractivity contribution in [1.82, 2.24) is 5.32 Å². The van der Waals surface area contributed by atoms with E-state index >= 15 is 0 Å². The van der Waals surface area contributed by atoms with E-state index in [1.807, 2.05) is 0 Å². The molecule has 3 N–H and O–H groups in total. The summed E-state index contributed by atoms with van der Waals surface area (Å²) in [5, 5.41) is 3.30. The van der Waals surface area contributed by atoms with Crippen molar-refractivity contribution in [2.24, 2.45) is 35.3 Å². The van der Waals surface area contributed by atoms with Crippen LogP contribution in [-0.2, 0) is 9.53 Å². The highest BCUT2D eigenvalue weighted by Crippen LogP contribution is 2.69. The van der Waals surface area contributed by atoms with Gasteiger partial charge in [0.1, 0.15) is 0 Å². The molecule has 4 atom stereocenters. The molecule has 0 aromatic heterocycles. The maximum absolute atomic E-state index is 12.6. The number of hydrogen-bond donors (Lipinski definition) is 2. The summed E-state index contributed by atoms with van der Waals surface area (Å²) in [6, 6.07) is 0. The Morgan fingerprint density at radius 3 is 2.42 bits per heavy atom. The fourth-order valence-corrected chi connectivity index (χ4v) is 5.16. The van der Waals surface area contributed by atoms with Gasteiger partial charge in [0.2, 0.25) is 5.91 Å². The number of ether oxygens (including phenoxy) is 1. The molecule has 4 aliphatic rings. The van der Waals surface area contributed by atoms with Gasteiger partial charge in [0, 0.05) is 25.7 Å². The molecular formula is C15H24N2O2. The minimum atomic E-state index is -0.189. The molecule has 0 spiro atoms. The number of carbonyl (C=O) groups is 1. The summed E-state index contributed by atoms with van der Waals surface area (Å²) >= 11 is 0. The number of nitrogens with one attached hydrogen (secondary N) is 1. The highest BCUT2D eigenvalue weighted by Gasteiger charge is 2.67. The molecule has 4 unspecified atom stereocenters. The summed E-state index contributed by atoms with van der Waals surface area (Å²) in [5.74, 6) is 3.75. The topological polar surface area (TPSA) is 64.3 Å². The Kier molecular flexibility index (Phi) is 2.68. The smallest absolute Gasteiger partial charge is 0.224 e. The molecule has 4 heteroatoms. The van der Waals surface area contributed by atoms with Gasteiger partial charge in [-0.25, -0.2) is 0 Å². The standard InChI is InChI=1S/C15H24N2O2/c16-8-15(3-5-19-6-4-15)17-14(18)13-11-9-1-2-10(7-9)12(11)13/h9-13H,1-8,16H2,(H,17,18). The Bertz CT molecular complexity index is 376. The number of nitrogens with two attached hydrogens (primary N) is 1. The Balaban J connectivity index is 1.42. The molecule has 19 heavy (non-hydrogen) atoms. The van der Waals surface area contributed by atoms with Crippen LogP contribution >= 0.6 is 0 Å². The molecule has 3 saturated carbocycles. The molecule has 0 aromatic carbocycles. The molecule has 106 valence electrons. The van der Waals surface area contributed by atoms with Crippen LogP contribution in [0.3, 0.4) is 0 Å². The number of hydrogen-bond acceptors (Lipinski definition) is 3. The average molecular weight is 264 g/mol. The Morgan fingerprint density at radius 1 is 1.21 bits per heavy atom. The van der Waals surface area contributed by atoms with E-state index in [0.717, 1.165) is 37.9 Å². The van der Waals surface area contributed by atoms with Crippen molar-refractivity contribution in [3.8, 4) is 0 Å². The Hall–Kier alpha value is -0.610. The highest BCUT2D eigenvalue weighted by molar-refractivity contribution is 5.83. The zero-order chi connectivity index (χ0) is 13.0. The summed E-state index contributed by atoms with van der Waals surface area (Å²) in [7, 11) is 0. The maximum Gasteiger partial charge on any atom is 0.224 e. The van der Waals surface area contributed by atoms with Crippen molar-refractivity contribution in [3.63, 3.8) is 0 Å². The first-order valence-electron chi connectivity index (χ1n) is 7.84. The second-order valence-corrected chi connectivity index (χ2v) is 7.10. The zero-order valence-corrected chi connectivity index (χ0v) is 11.4. The van der Waals surface area contributed by atoms with E-state index in [1.54, 1.807) is 0 Å². The van der Waals surface area contributed by atoms with Crippen LogP contribution in [0, 0.1) is 29.6 Å². The first-order valence-corrected chi connectivity index (χ1v) is 7.84. The van der Waals surface area contributed by atoms with Crippen LogP contribution in [0.1, 0.15) is 32.1 Å². The largest absolute Gasteiger partial charge is 0.381 e. The molecule has 1 amide bonds. The number of amides is 1. The Labute approximate surface area is 114 Å². The number of rotatable bonds is 3. The van der Waals surface area contributed by atoms with Crippen molar-refractivity contribution < 1.29 is 9.53 Å². The molecule has 2 bridgehead atoms. The Morgan fingerprint density at radius 2 is 1.84 bits per heavy atom. The molecule has 4 fully saturated rings. The fourth-order valence-electron chi connectivity index (χ4n) is 5.16. The molecule has 1 heterocycles. The lowest BCUT2D eigenvalue weighted by Gasteiger charge is -2.37. The molecule has 1 aliphatic heterocycles. The van der Waals surface area contributed by atoms with Gasteiger partial charge < -0.3 is 15.8 Å². The molecule has 1 saturated heterocycles. The second-order valence-electron chi connectivity index (χ2n) is 7.10. The molecule has 4 nitrogen and oxygen atoms in total. The van der Waals surface area contributed by atoms with Gasteiger partial charge in [0.15, 0.2) is 0 Å². The highest BCUT2D eigenvalue weighted by atomic mass is 16.5. The van der Waals surface area contributed by atoms with Crippen LogP contribution in [-0.4, -0.2) is 31.2 Å². The predicted octanol–water partition coefficient (Wildman–Crippen LogP) is 0.903. The van der Waals surface area contributed by atoms with Gasteiger partial charge in [0.25, 0.3) is 0 Å². The lowest BCUT2D eigenvalue weighted by atomic mass is 9.89. The zero-order valence-electron chi connectivity index (χ0n) is 11.4. The van der Waals surface area contributed by atoms with E-state index in [1.165, 1.54) is 19.3 Å². The molecule has 0 aromatic rings. The van der Waals surface area contributed by atoms with E-state index < -0.39 is 0 Å². The van der Waals surface area contributed by atoms with Crippen LogP contribution in [0.5, 0.6) is 0 Å². The summed E-state index contributed by atoms with van der Waals surface area (Å²) in [5.41, 5.74) is 5.73. The van der Waals surface area contributed by atoms with E-state index in [4.69, 9.17) is 10.5 Å². The summed E-state index contributed by atoms with van der Waals surface area (Å²) in [4.78, 5) is 12.6. The van der Waals surface area contributed by atoms with Gasteiger partial charge >= 0.3 is 0 Å². The summed E-state index contributed by atoms with van der Waals surface area (Å²) in [6.45, 7) is 1.98. The second kappa shape index (κ2) is 4.19. The van der Waals surface area contributed by atoms with Crippen molar-refractivity contribution in [2.75, 3.05) is 19.8 Å². The third-order valence-corrected chi connectivity index (χ3v) is 6.27. The average Bonchev–Trinajstić information content (AvgIpc) is 2.89. The fraction of sp³-hybridized carbons (Fsp3) is 0.933. The van der Waals surface area contributed by atoms with Gasteiger partial charge in [-0.05, 0) is 55.8 Å². The van der Waals surface area contributed by atoms with Crippen LogP contribution in [0.4, 0.5) is 0 Å². The lowest BCUT2D eigenvalue weighted by molar-refractivity contribution is -0.126. The van der Waals surface area contributed by atoms with Crippen molar-refractivity contribution in [3.05, 3.63) is 0 Å². The van der Waals surface area contributed by atoms with Gasteiger partial charge in [0.05, 0.1) is 5.54 Å². The van der Waals surface area contributed by atoms with E-state index in [2.05, 4.69) is 5.32 Å². The summed E-state index contributed by atoms with van der Waals surface area (Å²) < 4.78 is 5.40. The van der Waals surface area contributed by atoms with Crippen LogP contribution in [0.2, 0.25) is 0 Å². The quantitative estimate of drug-likeness (QED) is 0.796. The third kappa shape index (κ3) is 1.76. The SMILES string of the molecule is NCC1(NC(=O)C2C3C4CCC(C4)C23)CCOCC1. The van der Waals surface area contributed by atoms with Crippen LogP contribution < -0.4 is 11.1 Å². The number of carbonyl (C=O) groups excluding carboxylic acids is 1. The third-order valence-electron chi connectivity index (χ3n) is 6.27. The molecule has 3 aliphatic carbocycles. The van der Waals surface area contributed by atoms with E-state index in [0.29, 0.717) is 30.2 Å². The minimum absolute atomic E-state index is 0.189. The molecule has 4 rings (SSSR count). The maximum atomic E-state index is 12.6. The summed E-state index contributed by atoms with van der Waals surface area (Å²) in [6.07, 6.45) is 5.86. The molecule has 0 radical (unpaired) electrons. The van der Waals surface area contributed by atoms with E-state index in [9.17, 15) is 4.79 Å². The molecular weight excluding hydrogens is 240 g/mol. The monoisotopic (exact) mass is 264 g/mol. The van der Waals surface area contributed by atoms with Crippen LogP contribution in [0.15, 0.2) is 0 Å². The van der Waals surface area contributed by atoms with E-state index in [-0.39, 0.29) is 5.54 Å². The first kappa shape index (κ1) is 12.2. The first-order chi connectivity index (χ1) is 9.24. The van der Waals surface area contributed by atoms with Crippen molar-refractivity contribution in [2.45, 2.75) is 37.6 Å². The van der Waals surface area contributed by atoms with Gasteiger partial charge in [-0.1, -0.05) is 0 Å². The number of fused-ring (bicyclic) bond motifs is 5. The van der Waals surface area contributed by atoms with Gasteiger partial charge in [-0.15, -0.1) is 0 Å². The predicted molar refractivity (Wildman–Crippen MR) is 71.3 cm³/mol. The van der Waals surface area contributed by atoms with Gasteiger partial charge in [-0.3, -0.25) is 4.79 Å².